The normalized spacial score (nSPS) is 10.5. The van der Waals surface area contributed by atoms with Crippen molar-refractivity contribution in [3.63, 3.8) is 0 Å². The monoisotopic (exact) mass is 241 g/mol. The molecule has 6 heteroatoms. The van der Waals surface area contributed by atoms with Gasteiger partial charge in [0.15, 0.2) is 4.34 Å². The fourth-order valence-electron chi connectivity index (χ4n) is 1.06. The van der Waals surface area contributed by atoms with Crippen molar-refractivity contribution < 1.29 is 4.39 Å². The van der Waals surface area contributed by atoms with Crippen molar-refractivity contribution in [2.24, 2.45) is 0 Å². The highest BCUT2D eigenvalue weighted by Gasteiger charge is 2.05. The molecule has 0 bridgehead atoms. The van der Waals surface area contributed by atoms with Gasteiger partial charge in [-0.3, -0.25) is 0 Å². The van der Waals surface area contributed by atoms with E-state index in [0.717, 1.165) is 15.1 Å². The van der Waals surface area contributed by atoms with Crippen LogP contribution >= 0.6 is 23.3 Å². The minimum atomic E-state index is -0.335. The Hall–Kier alpha value is -1.14. The molecule has 2 rings (SSSR count). The maximum Gasteiger partial charge on any atom is 0.174 e. The molecule has 78 valence electrons. The van der Waals surface area contributed by atoms with Gasteiger partial charge in [0.2, 0.25) is 0 Å². The highest BCUT2D eigenvalue weighted by atomic mass is 32.2. The molecule has 0 atom stereocenters. The second-order valence-electron chi connectivity index (χ2n) is 2.93. The number of aryl methyl sites for hydroxylation is 1. The summed E-state index contributed by atoms with van der Waals surface area (Å²) in [5.74, 6) is 0.394. The molecule has 0 amide bonds. The van der Waals surface area contributed by atoms with Gasteiger partial charge in [-0.25, -0.2) is 9.37 Å². The zero-order chi connectivity index (χ0) is 10.8. The molecule has 0 fully saturated rings. The molecule has 2 N–H and O–H groups in total. The number of nitrogens with two attached hydrogens (primary N) is 1. The minimum absolute atomic E-state index is 0.335. The van der Waals surface area contributed by atoms with Crippen molar-refractivity contribution in [1.29, 1.82) is 0 Å². The molecule has 0 radical (unpaired) electrons. The zero-order valence-electron chi connectivity index (χ0n) is 7.90. The average Bonchev–Trinajstić information content (AvgIpc) is 2.49. The molecule has 0 spiro atoms. The summed E-state index contributed by atoms with van der Waals surface area (Å²) >= 11 is 2.66. The van der Waals surface area contributed by atoms with Crippen LogP contribution in [0.3, 0.4) is 0 Å². The summed E-state index contributed by atoms with van der Waals surface area (Å²) in [4.78, 5) is 4.91. The van der Waals surface area contributed by atoms with Crippen LogP contribution < -0.4 is 5.73 Å². The van der Waals surface area contributed by atoms with E-state index in [1.54, 1.807) is 6.07 Å². The van der Waals surface area contributed by atoms with Crippen LogP contribution in [0.25, 0.3) is 0 Å². The van der Waals surface area contributed by atoms with Crippen molar-refractivity contribution in [2.45, 2.75) is 16.2 Å². The van der Waals surface area contributed by atoms with E-state index >= 15 is 0 Å². The van der Waals surface area contributed by atoms with Crippen LogP contribution in [0.2, 0.25) is 0 Å². The highest BCUT2D eigenvalue weighted by Crippen LogP contribution is 2.30. The van der Waals surface area contributed by atoms with Gasteiger partial charge >= 0.3 is 0 Å². The molecule has 0 saturated carbocycles. The first kappa shape index (κ1) is 10.4. The summed E-state index contributed by atoms with van der Waals surface area (Å²) in [6.07, 6.45) is 0. The Labute approximate surface area is 94.7 Å². The van der Waals surface area contributed by atoms with Gasteiger partial charge in [-0.05, 0) is 36.7 Å². The largest absolute Gasteiger partial charge is 0.399 e. The first-order valence-electron chi connectivity index (χ1n) is 4.18. The van der Waals surface area contributed by atoms with Gasteiger partial charge in [0.05, 0.1) is 0 Å². The average molecular weight is 241 g/mol. The van der Waals surface area contributed by atoms with E-state index in [1.807, 2.05) is 6.92 Å². The van der Waals surface area contributed by atoms with Gasteiger partial charge in [0.25, 0.3) is 0 Å². The van der Waals surface area contributed by atoms with Crippen LogP contribution in [0.15, 0.2) is 27.4 Å². The summed E-state index contributed by atoms with van der Waals surface area (Å²) in [6, 6.07) is 4.43. The zero-order valence-corrected chi connectivity index (χ0v) is 9.53. The molecule has 15 heavy (non-hydrogen) atoms. The van der Waals surface area contributed by atoms with Crippen LogP contribution in [0, 0.1) is 12.7 Å². The molecule has 0 saturated heterocycles. The summed E-state index contributed by atoms with van der Waals surface area (Å²) in [6.45, 7) is 1.82. The number of rotatable bonds is 2. The molecule has 0 aliphatic rings. The molecule has 1 aromatic heterocycles. The Morgan fingerprint density at radius 2 is 2.20 bits per heavy atom. The summed E-state index contributed by atoms with van der Waals surface area (Å²) in [5, 5.41) is 0. The maximum atomic E-state index is 13.0. The van der Waals surface area contributed by atoms with Crippen molar-refractivity contribution in [3.05, 3.63) is 29.8 Å². The lowest BCUT2D eigenvalue weighted by Crippen LogP contribution is -1.86. The standard InChI is InChI=1S/C9H8FN3S2/c1-5-12-9(15-13-5)14-8-3-6(10)2-7(11)4-8/h2-4H,11H2,1H3. The number of benzene rings is 1. The molecule has 0 aliphatic heterocycles. The van der Waals surface area contributed by atoms with Crippen LogP contribution in [0.4, 0.5) is 10.1 Å². The Balaban J connectivity index is 2.24. The van der Waals surface area contributed by atoms with Crippen LogP contribution in [-0.2, 0) is 0 Å². The fraction of sp³-hybridized carbons (Fsp3) is 0.111. The lowest BCUT2D eigenvalue weighted by molar-refractivity contribution is 0.625. The summed E-state index contributed by atoms with van der Waals surface area (Å²) in [7, 11) is 0. The van der Waals surface area contributed by atoms with Crippen LogP contribution in [0.1, 0.15) is 5.82 Å². The first-order chi connectivity index (χ1) is 7.13. The van der Waals surface area contributed by atoms with Crippen molar-refractivity contribution in [2.75, 3.05) is 5.73 Å². The van der Waals surface area contributed by atoms with Gasteiger partial charge in [-0.15, -0.1) is 0 Å². The Kier molecular flexibility index (Phi) is 2.88. The third kappa shape index (κ3) is 2.66. The number of nitrogens with zero attached hydrogens (tertiary/aromatic N) is 2. The van der Waals surface area contributed by atoms with E-state index in [-0.39, 0.29) is 5.82 Å². The Morgan fingerprint density at radius 3 is 2.80 bits per heavy atom. The van der Waals surface area contributed by atoms with E-state index in [0.29, 0.717) is 5.69 Å². The predicted molar refractivity (Wildman–Crippen MR) is 59.6 cm³/mol. The third-order valence-corrected chi connectivity index (χ3v) is 3.42. The van der Waals surface area contributed by atoms with Gasteiger partial charge in [0.1, 0.15) is 11.6 Å². The van der Waals surface area contributed by atoms with Crippen molar-refractivity contribution in [3.8, 4) is 0 Å². The maximum absolute atomic E-state index is 13.0. The van der Waals surface area contributed by atoms with Crippen LogP contribution in [-0.4, -0.2) is 9.36 Å². The second kappa shape index (κ2) is 4.16. The number of halogens is 1. The topological polar surface area (TPSA) is 51.8 Å². The summed E-state index contributed by atoms with van der Waals surface area (Å²) in [5.41, 5.74) is 5.95. The first-order valence-corrected chi connectivity index (χ1v) is 5.77. The number of anilines is 1. The van der Waals surface area contributed by atoms with Crippen molar-refractivity contribution in [1.82, 2.24) is 9.36 Å². The predicted octanol–water partition coefficient (Wildman–Crippen LogP) is 2.72. The molecule has 0 unspecified atom stereocenters. The molecular weight excluding hydrogens is 233 g/mol. The molecular formula is C9H8FN3S2. The number of nitrogen functional groups attached to an aromatic ring is 1. The van der Waals surface area contributed by atoms with Crippen molar-refractivity contribution >= 4 is 29.0 Å². The van der Waals surface area contributed by atoms with Crippen LogP contribution in [0.5, 0.6) is 0 Å². The Morgan fingerprint density at radius 1 is 1.40 bits per heavy atom. The lowest BCUT2D eigenvalue weighted by Gasteiger charge is -1.99. The Bertz CT molecular complexity index is 464. The van der Waals surface area contributed by atoms with E-state index < -0.39 is 0 Å². The van der Waals surface area contributed by atoms with E-state index in [4.69, 9.17) is 5.73 Å². The molecule has 1 heterocycles. The number of hydrogen-bond donors (Lipinski definition) is 1. The summed E-state index contributed by atoms with van der Waals surface area (Å²) < 4.78 is 17.8. The molecule has 1 aromatic carbocycles. The van der Waals surface area contributed by atoms with Gasteiger partial charge in [-0.1, -0.05) is 11.8 Å². The van der Waals surface area contributed by atoms with E-state index in [1.165, 1.54) is 35.4 Å². The highest BCUT2D eigenvalue weighted by molar-refractivity contribution is 8.01. The number of hydrogen-bond acceptors (Lipinski definition) is 5. The lowest BCUT2D eigenvalue weighted by atomic mass is 10.3. The molecule has 3 nitrogen and oxygen atoms in total. The minimum Gasteiger partial charge on any atom is -0.399 e. The van der Waals surface area contributed by atoms with Gasteiger partial charge < -0.3 is 5.73 Å². The van der Waals surface area contributed by atoms with E-state index in [9.17, 15) is 4.39 Å². The third-order valence-electron chi connectivity index (χ3n) is 1.61. The second-order valence-corrected chi connectivity index (χ2v) is 5.00. The van der Waals surface area contributed by atoms with E-state index in [2.05, 4.69) is 9.36 Å². The fourth-order valence-corrected chi connectivity index (χ4v) is 2.78. The smallest absolute Gasteiger partial charge is 0.174 e. The number of aromatic nitrogens is 2. The van der Waals surface area contributed by atoms with Gasteiger partial charge in [-0.2, -0.15) is 4.37 Å². The molecule has 2 aromatic rings. The quantitative estimate of drug-likeness (QED) is 0.821. The SMILES string of the molecule is Cc1nsc(Sc2cc(N)cc(F)c2)n1. The van der Waals surface area contributed by atoms with Gasteiger partial charge in [0, 0.05) is 10.6 Å². The molecule has 0 aliphatic carbocycles.